The molecule has 0 spiro atoms. The summed E-state index contributed by atoms with van der Waals surface area (Å²) in [5.41, 5.74) is 1.48. The van der Waals surface area contributed by atoms with Crippen LogP contribution in [0.5, 0.6) is 0 Å². The number of anilines is 1. The topological polar surface area (TPSA) is 43.4 Å². The number of nitrogens with zero attached hydrogens (tertiary/aromatic N) is 1. The fourth-order valence-corrected chi connectivity index (χ4v) is 2.16. The molecule has 5 heteroatoms. The molecule has 1 N–H and O–H groups in total. The Kier molecular flexibility index (Phi) is 3.86. The molecule has 1 aromatic rings. The van der Waals surface area contributed by atoms with E-state index in [1.807, 2.05) is 12.3 Å². The van der Waals surface area contributed by atoms with E-state index in [1.165, 1.54) is 0 Å². The number of hydrogen-bond donors (Lipinski definition) is 1. The molecule has 2 rings (SSSR count). The van der Waals surface area contributed by atoms with Crippen molar-refractivity contribution in [3.8, 4) is 0 Å². The van der Waals surface area contributed by atoms with E-state index in [9.17, 15) is 0 Å². The number of rotatable bonds is 3. The van der Waals surface area contributed by atoms with Crippen molar-refractivity contribution in [2.45, 2.75) is 65.7 Å². The standard InChI is InChI=1S/C15H25BN2O2/c1-10(2)18-13-8-11(3)12(9-17-13)16-19-14(4,5)15(6,7)20-16/h8-10H,1-7H3,(H,17,18). The minimum absolute atomic E-state index is 0.320. The first-order chi connectivity index (χ1) is 9.12. The van der Waals surface area contributed by atoms with E-state index in [1.54, 1.807) is 0 Å². The summed E-state index contributed by atoms with van der Waals surface area (Å²) >= 11 is 0. The van der Waals surface area contributed by atoms with Gasteiger partial charge in [0, 0.05) is 17.7 Å². The van der Waals surface area contributed by atoms with E-state index in [0.29, 0.717) is 6.04 Å². The van der Waals surface area contributed by atoms with Crippen molar-refractivity contribution in [2.75, 3.05) is 5.32 Å². The second kappa shape index (κ2) is 5.04. The summed E-state index contributed by atoms with van der Waals surface area (Å²) < 4.78 is 12.1. The summed E-state index contributed by atoms with van der Waals surface area (Å²) in [6.07, 6.45) is 1.85. The lowest BCUT2D eigenvalue weighted by atomic mass is 9.77. The third-order valence-electron chi connectivity index (χ3n) is 4.10. The van der Waals surface area contributed by atoms with Crippen LogP contribution in [-0.4, -0.2) is 29.3 Å². The first-order valence-electron chi connectivity index (χ1n) is 7.21. The second-order valence-corrected chi connectivity index (χ2v) is 6.81. The van der Waals surface area contributed by atoms with Crippen molar-refractivity contribution in [3.63, 3.8) is 0 Å². The minimum atomic E-state index is -0.347. The maximum atomic E-state index is 6.07. The molecule has 0 radical (unpaired) electrons. The zero-order chi connectivity index (χ0) is 15.1. The highest BCUT2D eigenvalue weighted by Crippen LogP contribution is 2.36. The van der Waals surface area contributed by atoms with Gasteiger partial charge in [0.2, 0.25) is 0 Å². The highest BCUT2D eigenvalue weighted by atomic mass is 16.7. The van der Waals surface area contributed by atoms with E-state index >= 15 is 0 Å². The predicted molar refractivity (Wildman–Crippen MR) is 83.4 cm³/mol. The van der Waals surface area contributed by atoms with Crippen molar-refractivity contribution < 1.29 is 9.31 Å². The Labute approximate surface area is 122 Å². The van der Waals surface area contributed by atoms with Gasteiger partial charge < -0.3 is 14.6 Å². The summed E-state index contributed by atoms with van der Waals surface area (Å²) in [6.45, 7) is 14.5. The van der Waals surface area contributed by atoms with Gasteiger partial charge in [-0.2, -0.15) is 0 Å². The van der Waals surface area contributed by atoms with Crippen LogP contribution in [0, 0.1) is 6.92 Å². The molecule has 1 aliphatic heterocycles. The number of aryl methyl sites for hydroxylation is 1. The fraction of sp³-hybridized carbons (Fsp3) is 0.667. The Morgan fingerprint density at radius 1 is 1.15 bits per heavy atom. The van der Waals surface area contributed by atoms with Crippen LogP contribution in [0.25, 0.3) is 0 Å². The molecule has 1 fully saturated rings. The number of hydrogen-bond acceptors (Lipinski definition) is 4. The van der Waals surface area contributed by atoms with Gasteiger partial charge in [-0.25, -0.2) is 4.98 Å². The van der Waals surface area contributed by atoms with Crippen LogP contribution in [0.1, 0.15) is 47.1 Å². The predicted octanol–water partition coefficient (Wildman–Crippen LogP) is 2.51. The summed E-state index contributed by atoms with van der Waals surface area (Å²) in [4.78, 5) is 4.45. The van der Waals surface area contributed by atoms with Crippen molar-refractivity contribution >= 4 is 18.4 Å². The quantitative estimate of drug-likeness (QED) is 0.861. The van der Waals surface area contributed by atoms with Crippen molar-refractivity contribution in [3.05, 3.63) is 17.8 Å². The van der Waals surface area contributed by atoms with E-state index < -0.39 is 0 Å². The van der Waals surface area contributed by atoms with Crippen LogP contribution in [0.3, 0.4) is 0 Å². The van der Waals surface area contributed by atoms with Crippen LogP contribution in [0.4, 0.5) is 5.82 Å². The molecule has 1 aromatic heterocycles. The molecule has 110 valence electrons. The Morgan fingerprint density at radius 3 is 2.15 bits per heavy atom. The van der Waals surface area contributed by atoms with Crippen LogP contribution in [0.2, 0.25) is 0 Å². The zero-order valence-electron chi connectivity index (χ0n) is 13.6. The molecule has 2 heterocycles. The van der Waals surface area contributed by atoms with Gasteiger partial charge in [0.1, 0.15) is 5.82 Å². The molecular weight excluding hydrogens is 251 g/mol. The van der Waals surface area contributed by atoms with Gasteiger partial charge in [0.15, 0.2) is 0 Å². The molecule has 0 unspecified atom stereocenters. The molecule has 4 nitrogen and oxygen atoms in total. The van der Waals surface area contributed by atoms with Gasteiger partial charge >= 0.3 is 7.12 Å². The average Bonchev–Trinajstić information content (AvgIpc) is 2.46. The first kappa shape index (κ1) is 15.3. The largest absolute Gasteiger partial charge is 0.496 e. The highest BCUT2D eigenvalue weighted by Gasteiger charge is 2.52. The van der Waals surface area contributed by atoms with Gasteiger partial charge in [-0.15, -0.1) is 0 Å². The monoisotopic (exact) mass is 276 g/mol. The average molecular weight is 276 g/mol. The number of nitrogens with one attached hydrogen (secondary N) is 1. The van der Waals surface area contributed by atoms with E-state index in [0.717, 1.165) is 16.8 Å². The van der Waals surface area contributed by atoms with Crippen LogP contribution in [0.15, 0.2) is 12.3 Å². The molecule has 1 aliphatic rings. The SMILES string of the molecule is Cc1cc(NC(C)C)ncc1B1OC(C)(C)C(C)(C)O1. The van der Waals surface area contributed by atoms with E-state index in [4.69, 9.17) is 9.31 Å². The van der Waals surface area contributed by atoms with Crippen LogP contribution >= 0.6 is 0 Å². The van der Waals surface area contributed by atoms with Crippen LogP contribution in [-0.2, 0) is 9.31 Å². The molecule has 20 heavy (non-hydrogen) atoms. The summed E-state index contributed by atoms with van der Waals surface area (Å²) in [6, 6.07) is 2.41. The van der Waals surface area contributed by atoms with E-state index in [2.05, 4.69) is 58.8 Å². The third-order valence-corrected chi connectivity index (χ3v) is 4.10. The lowest BCUT2D eigenvalue weighted by Gasteiger charge is -2.32. The number of aromatic nitrogens is 1. The van der Waals surface area contributed by atoms with Gasteiger partial charge in [0.05, 0.1) is 11.2 Å². The lowest BCUT2D eigenvalue weighted by molar-refractivity contribution is 0.00578. The third kappa shape index (κ3) is 2.84. The second-order valence-electron chi connectivity index (χ2n) is 6.81. The Morgan fingerprint density at radius 2 is 1.70 bits per heavy atom. The van der Waals surface area contributed by atoms with Gasteiger partial charge in [-0.05, 0) is 60.1 Å². The Hall–Kier alpha value is -1.07. The normalized spacial score (nSPS) is 20.5. The Bertz CT molecular complexity index is 485. The lowest BCUT2D eigenvalue weighted by Crippen LogP contribution is -2.41. The zero-order valence-corrected chi connectivity index (χ0v) is 13.6. The molecule has 1 saturated heterocycles. The van der Waals surface area contributed by atoms with Crippen molar-refractivity contribution in [1.29, 1.82) is 0 Å². The van der Waals surface area contributed by atoms with Crippen molar-refractivity contribution in [2.24, 2.45) is 0 Å². The highest BCUT2D eigenvalue weighted by molar-refractivity contribution is 6.62. The summed E-state index contributed by atoms with van der Waals surface area (Å²) in [7, 11) is -0.347. The van der Waals surface area contributed by atoms with Crippen LogP contribution < -0.4 is 10.8 Å². The molecule has 0 bridgehead atoms. The molecule has 0 aromatic carbocycles. The van der Waals surface area contributed by atoms with Crippen molar-refractivity contribution in [1.82, 2.24) is 4.98 Å². The van der Waals surface area contributed by atoms with E-state index in [-0.39, 0.29) is 18.3 Å². The fourth-order valence-electron chi connectivity index (χ4n) is 2.16. The smallest absolute Gasteiger partial charge is 0.399 e. The Balaban J connectivity index is 2.23. The number of pyridine rings is 1. The first-order valence-corrected chi connectivity index (χ1v) is 7.21. The summed E-state index contributed by atoms with van der Waals surface area (Å²) in [5.74, 6) is 0.887. The van der Waals surface area contributed by atoms with Gasteiger partial charge in [-0.3, -0.25) is 0 Å². The molecular formula is C15H25BN2O2. The maximum absolute atomic E-state index is 6.07. The van der Waals surface area contributed by atoms with Gasteiger partial charge in [-0.1, -0.05) is 0 Å². The summed E-state index contributed by atoms with van der Waals surface area (Å²) in [5, 5.41) is 3.30. The molecule has 0 amide bonds. The molecule has 0 aliphatic carbocycles. The minimum Gasteiger partial charge on any atom is -0.399 e. The maximum Gasteiger partial charge on any atom is 0.496 e. The molecule has 0 saturated carbocycles. The van der Waals surface area contributed by atoms with Gasteiger partial charge in [0.25, 0.3) is 0 Å². The molecule has 0 atom stereocenters.